The minimum Gasteiger partial charge on any atom is -0.485 e. The zero-order valence-electron chi connectivity index (χ0n) is 24.2. The fourth-order valence-corrected chi connectivity index (χ4v) is 5.49. The van der Waals surface area contributed by atoms with Gasteiger partial charge in [-0.3, -0.25) is 0 Å². The Morgan fingerprint density at radius 3 is 1.80 bits per heavy atom. The summed E-state index contributed by atoms with van der Waals surface area (Å²) in [6, 6.07) is 35.7. The highest BCUT2D eigenvalue weighted by Crippen LogP contribution is 2.46. The van der Waals surface area contributed by atoms with Crippen molar-refractivity contribution in [2.45, 2.75) is 57.7 Å². The molecule has 2 N–H and O–H groups in total. The molecule has 5 rings (SSSR count). The first-order valence-corrected chi connectivity index (χ1v) is 15.3. The maximum Gasteiger partial charge on any atom is 0.165 e. The van der Waals surface area contributed by atoms with Gasteiger partial charge < -0.3 is 20.1 Å². The number of hydrogen-bond acceptors (Lipinski definition) is 4. The number of fused-ring (bicyclic) bond motifs is 1. The van der Waals surface area contributed by atoms with Crippen LogP contribution in [0.5, 0.6) is 11.5 Å². The Morgan fingerprint density at radius 2 is 1.15 bits per heavy atom. The molecule has 4 nitrogen and oxygen atoms in total. The highest BCUT2D eigenvalue weighted by molar-refractivity contribution is 5.57. The van der Waals surface area contributed by atoms with Gasteiger partial charge in [-0.1, -0.05) is 110 Å². The van der Waals surface area contributed by atoms with Gasteiger partial charge in [-0.05, 0) is 73.6 Å². The van der Waals surface area contributed by atoms with E-state index in [0.29, 0.717) is 19.1 Å². The van der Waals surface area contributed by atoms with Gasteiger partial charge in [-0.25, -0.2) is 0 Å². The largest absolute Gasteiger partial charge is 0.485 e. The monoisotopic (exact) mass is 548 g/mol. The molecule has 1 atom stereocenters. The normalized spacial score (nSPS) is 13.8. The molecule has 0 aliphatic heterocycles. The summed E-state index contributed by atoms with van der Waals surface area (Å²) in [6.45, 7) is 5.37. The lowest BCUT2D eigenvalue weighted by Crippen LogP contribution is -2.30. The Balaban J connectivity index is 1.02. The average Bonchev–Trinajstić information content (AvgIpc) is 3.01. The first-order chi connectivity index (χ1) is 20.4. The van der Waals surface area contributed by atoms with Gasteiger partial charge in [0.1, 0.15) is 13.2 Å². The number of nitrogens with one attached hydrogen (secondary N) is 2. The van der Waals surface area contributed by atoms with E-state index in [1.54, 1.807) is 0 Å². The Bertz CT molecular complexity index is 1290. The van der Waals surface area contributed by atoms with Crippen LogP contribution in [-0.2, 0) is 26.1 Å². The van der Waals surface area contributed by atoms with E-state index in [-0.39, 0.29) is 0 Å². The van der Waals surface area contributed by atoms with Crippen LogP contribution in [0.25, 0.3) is 0 Å². The van der Waals surface area contributed by atoms with Gasteiger partial charge >= 0.3 is 0 Å². The highest BCUT2D eigenvalue weighted by Gasteiger charge is 2.31. The molecule has 0 bridgehead atoms. The number of benzene rings is 4. The van der Waals surface area contributed by atoms with E-state index in [1.807, 2.05) is 24.3 Å². The molecule has 1 unspecified atom stereocenters. The molecule has 4 aromatic rings. The van der Waals surface area contributed by atoms with E-state index in [4.69, 9.17) is 9.47 Å². The van der Waals surface area contributed by atoms with Gasteiger partial charge in [-0.15, -0.1) is 0 Å². The van der Waals surface area contributed by atoms with Crippen LogP contribution in [-0.4, -0.2) is 26.2 Å². The van der Waals surface area contributed by atoms with Crippen LogP contribution < -0.4 is 20.1 Å². The minimum absolute atomic E-state index is 0.538. The Labute approximate surface area is 246 Å². The second-order valence-electron chi connectivity index (χ2n) is 11.0. The van der Waals surface area contributed by atoms with Crippen LogP contribution in [0, 0.1) is 0 Å². The quantitative estimate of drug-likeness (QED) is 0.127. The summed E-state index contributed by atoms with van der Waals surface area (Å²) in [6.07, 6.45) is 7.21. The predicted molar refractivity (Wildman–Crippen MR) is 169 cm³/mol. The third kappa shape index (κ3) is 8.94. The minimum atomic E-state index is 0.538. The molecule has 41 heavy (non-hydrogen) atoms. The van der Waals surface area contributed by atoms with E-state index in [1.165, 1.54) is 47.9 Å². The summed E-state index contributed by atoms with van der Waals surface area (Å²) in [7, 11) is 0. The van der Waals surface area contributed by atoms with Crippen LogP contribution in [0.2, 0.25) is 0 Å². The Morgan fingerprint density at radius 1 is 0.561 bits per heavy atom. The van der Waals surface area contributed by atoms with E-state index >= 15 is 0 Å². The number of ether oxygens (including phenoxy) is 2. The molecule has 0 saturated heterocycles. The van der Waals surface area contributed by atoms with E-state index in [2.05, 4.69) is 89.5 Å². The summed E-state index contributed by atoms with van der Waals surface area (Å²) in [5.74, 6) is 2.29. The number of hydrogen-bond donors (Lipinski definition) is 2. The van der Waals surface area contributed by atoms with Gasteiger partial charge in [0.2, 0.25) is 0 Å². The summed E-state index contributed by atoms with van der Waals surface area (Å²) >= 11 is 0. The smallest absolute Gasteiger partial charge is 0.165 e. The second kappa shape index (κ2) is 16.0. The average molecular weight is 549 g/mol. The van der Waals surface area contributed by atoms with E-state index in [0.717, 1.165) is 56.1 Å². The maximum absolute atomic E-state index is 6.40. The van der Waals surface area contributed by atoms with Crippen molar-refractivity contribution in [3.63, 3.8) is 0 Å². The van der Waals surface area contributed by atoms with Crippen LogP contribution in [0.15, 0.2) is 103 Å². The maximum atomic E-state index is 6.40. The van der Waals surface area contributed by atoms with Gasteiger partial charge in [0.25, 0.3) is 0 Å². The van der Waals surface area contributed by atoms with Crippen molar-refractivity contribution in [3.05, 3.63) is 131 Å². The zero-order chi connectivity index (χ0) is 28.0. The molecule has 4 aromatic carbocycles. The molecule has 0 amide bonds. The van der Waals surface area contributed by atoms with E-state index < -0.39 is 0 Å². The molecule has 0 fully saturated rings. The van der Waals surface area contributed by atoms with Crippen molar-refractivity contribution < 1.29 is 9.47 Å². The third-order valence-corrected chi connectivity index (χ3v) is 7.90. The molecule has 214 valence electrons. The first kappa shape index (κ1) is 28.9. The van der Waals surface area contributed by atoms with Crippen LogP contribution in [0.4, 0.5) is 0 Å². The van der Waals surface area contributed by atoms with Crippen LogP contribution in [0.1, 0.15) is 59.4 Å². The van der Waals surface area contributed by atoms with Crippen molar-refractivity contribution in [3.8, 4) is 11.5 Å². The van der Waals surface area contributed by atoms with Crippen molar-refractivity contribution in [2.75, 3.05) is 26.2 Å². The summed E-state index contributed by atoms with van der Waals surface area (Å²) in [4.78, 5) is 0. The lowest BCUT2D eigenvalue weighted by atomic mass is 9.76. The van der Waals surface area contributed by atoms with Crippen LogP contribution in [0.3, 0.4) is 0 Å². The highest BCUT2D eigenvalue weighted by atomic mass is 16.5. The van der Waals surface area contributed by atoms with Crippen molar-refractivity contribution in [1.29, 1.82) is 0 Å². The number of rotatable bonds is 18. The molecule has 0 radical (unpaired) electrons. The molecular formula is C37H44N2O2. The SMILES string of the molecule is c1ccc(CCNCCCCCCNCC2Cc3c2ccc(OCc2ccccc2)c3OCc2ccccc2)cc1. The standard InChI is InChI=1S/C37H44N2O2/c1(12-23-38-25-22-30-14-6-3-7-15-30)2-13-24-39-27-33-26-35-34(33)20-21-36(40-28-31-16-8-4-9-17-31)37(35)41-29-32-18-10-5-11-19-32/h3-11,14-21,33,38-39H,1-2,12-13,22-29H2. The molecule has 4 heteroatoms. The van der Waals surface area contributed by atoms with Gasteiger partial charge in [0.15, 0.2) is 11.5 Å². The predicted octanol–water partition coefficient (Wildman–Crippen LogP) is 7.47. The Kier molecular flexibility index (Phi) is 11.3. The van der Waals surface area contributed by atoms with Gasteiger partial charge in [-0.2, -0.15) is 0 Å². The topological polar surface area (TPSA) is 42.5 Å². The van der Waals surface area contributed by atoms with Crippen LogP contribution >= 0.6 is 0 Å². The van der Waals surface area contributed by atoms with Crippen molar-refractivity contribution >= 4 is 0 Å². The van der Waals surface area contributed by atoms with E-state index in [9.17, 15) is 0 Å². The molecule has 1 aliphatic carbocycles. The zero-order valence-corrected chi connectivity index (χ0v) is 24.2. The lowest BCUT2D eigenvalue weighted by Gasteiger charge is -2.33. The fourth-order valence-electron chi connectivity index (χ4n) is 5.49. The van der Waals surface area contributed by atoms with Gasteiger partial charge in [0, 0.05) is 18.0 Å². The molecular weight excluding hydrogens is 504 g/mol. The second-order valence-corrected chi connectivity index (χ2v) is 11.0. The molecule has 0 heterocycles. The Hall–Kier alpha value is -3.60. The third-order valence-electron chi connectivity index (χ3n) is 7.90. The van der Waals surface area contributed by atoms with Gasteiger partial charge in [0.05, 0.1) is 0 Å². The van der Waals surface area contributed by atoms with Crippen molar-refractivity contribution in [1.82, 2.24) is 10.6 Å². The summed E-state index contributed by atoms with van der Waals surface area (Å²) in [5, 5.41) is 7.29. The lowest BCUT2D eigenvalue weighted by molar-refractivity contribution is 0.250. The molecule has 0 saturated carbocycles. The summed E-state index contributed by atoms with van der Waals surface area (Å²) < 4.78 is 12.7. The van der Waals surface area contributed by atoms with Crippen molar-refractivity contribution in [2.24, 2.45) is 0 Å². The molecule has 0 spiro atoms. The fraction of sp³-hybridized carbons (Fsp3) is 0.351. The molecule has 1 aliphatic rings. The molecule has 0 aromatic heterocycles. The summed E-state index contributed by atoms with van der Waals surface area (Å²) in [5.41, 5.74) is 6.44. The number of unbranched alkanes of at least 4 members (excludes halogenated alkanes) is 3. The first-order valence-electron chi connectivity index (χ1n) is 15.3.